The number of aromatic nitrogens is 1. The third kappa shape index (κ3) is 3.20. The molecular formula is C17H20N2O2S. The van der Waals surface area contributed by atoms with Gasteiger partial charge < -0.3 is 9.64 Å². The van der Waals surface area contributed by atoms with E-state index in [1.165, 1.54) is 0 Å². The number of ether oxygens (including phenoxy) is 1. The Morgan fingerprint density at radius 3 is 2.91 bits per heavy atom. The third-order valence-corrected chi connectivity index (χ3v) is 4.72. The highest BCUT2D eigenvalue weighted by Crippen LogP contribution is 2.29. The van der Waals surface area contributed by atoms with Gasteiger partial charge in [-0.15, -0.1) is 0 Å². The van der Waals surface area contributed by atoms with Crippen LogP contribution in [0.5, 0.6) is 0 Å². The monoisotopic (exact) mass is 316 g/mol. The number of pyridine rings is 1. The lowest BCUT2D eigenvalue weighted by Crippen LogP contribution is -2.41. The van der Waals surface area contributed by atoms with Gasteiger partial charge in [-0.05, 0) is 53.8 Å². The number of nitrogens with zero attached hydrogens (tertiary/aromatic N) is 2. The van der Waals surface area contributed by atoms with Crippen LogP contribution in [0.25, 0.3) is 0 Å². The van der Waals surface area contributed by atoms with Gasteiger partial charge in [-0.25, -0.2) is 0 Å². The van der Waals surface area contributed by atoms with Crippen LogP contribution in [0.2, 0.25) is 0 Å². The Morgan fingerprint density at radius 2 is 2.32 bits per heavy atom. The summed E-state index contributed by atoms with van der Waals surface area (Å²) in [5.74, 6) is 0.264. The summed E-state index contributed by atoms with van der Waals surface area (Å²) in [5.41, 5.74) is 1.94. The number of hydrogen-bond donors (Lipinski definition) is 0. The van der Waals surface area contributed by atoms with E-state index in [-0.39, 0.29) is 24.0 Å². The first-order chi connectivity index (χ1) is 10.6. The van der Waals surface area contributed by atoms with Crippen molar-refractivity contribution in [1.82, 2.24) is 4.98 Å². The highest BCUT2D eigenvalue weighted by atomic mass is 32.1. The molecule has 0 saturated carbocycles. The molecule has 1 saturated heterocycles. The molecule has 0 radical (unpaired) electrons. The van der Waals surface area contributed by atoms with Crippen molar-refractivity contribution >= 4 is 22.9 Å². The molecule has 5 heteroatoms. The van der Waals surface area contributed by atoms with Crippen LogP contribution < -0.4 is 4.90 Å². The third-order valence-electron chi connectivity index (χ3n) is 3.99. The van der Waals surface area contributed by atoms with Crippen molar-refractivity contribution in [2.45, 2.75) is 39.0 Å². The molecule has 0 aliphatic carbocycles. The second-order valence-electron chi connectivity index (χ2n) is 5.85. The van der Waals surface area contributed by atoms with E-state index in [9.17, 15) is 4.79 Å². The van der Waals surface area contributed by atoms with E-state index in [0.717, 1.165) is 17.7 Å². The minimum atomic E-state index is -0.367. The molecule has 0 bridgehead atoms. The molecule has 22 heavy (non-hydrogen) atoms. The van der Waals surface area contributed by atoms with E-state index >= 15 is 0 Å². The van der Waals surface area contributed by atoms with Crippen molar-refractivity contribution in [2.75, 3.05) is 4.90 Å². The molecule has 0 aromatic carbocycles. The Labute approximate surface area is 134 Å². The molecule has 3 heterocycles. The smallest absolute Gasteiger partial charge is 0.256 e. The molecule has 1 aliphatic heterocycles. The summed E-state index contributed by atoms with van der Waals surface area (Å²) in [6.45, 7) is 4.66. The topological polar surface area (TPSA) is 42.4 Å². The average molecular weight is 316 g/mol. The van der Waals surface area contributed by atoms with Gasteiger partial charge in [-0.1, -0.05) is 6.92 Å². The first-order valence-electron chi connectivity index (χ1n) is 7.53. The van der Waals surface area contributed by atoms with E-state index in [1.807, 2.05) is 30.5 Å². The van der Waals surface area contributed by atoms with E-state index in [1.54, 1.807) is 28.6 Å². The van der Waals surface area contributed by atoms with Crippen LogP contribution >= 0.6 is 11.3 Å². The fourth-order valence-corrected chi connectivity index (χ4v) is 3.58. The molecule has 116 valence electrons. The number of carbonyl (C=O) groups excluding carboxylic acids is 1. The molecule has 2 aromatic rings. The van der Waals surface area contributed by atoms with Gasteiger partial charge in [0.25, 0.3) is 5.91 Å². The summed E-state index contributed by atoms with van der Waals surface area (Å²) in [7, 11) is 0. The minimum Gasteiger partial charge on any atom is -0.365 e. The Bertz CT molecular complexity index is 615. The van der Waals surface area contributed by atoms with Crippen LogP contribution in [0.15, 0.2) is 41.4 Å². The normalized spacial score (nSPS) is 24.4. The Balaban J connectivity index is 1.86. The minimum absolute atomic E-state index is 0.0241. The predicted octanol–water partition coefficient (Wildman–Crippen LogP) is 3.49. The van der Waals surface area contributed by atoms with Gasteiger partial charge in [-0.3, -0.25) is 9.78 Å². The van der Waals surface area contributed by atoms with Gasteiger partial charge in [0.05, 0.1) is 24.5 Å². The lowest BCUT2D eigenvalue weighted by molar-refractivity contribution is -0.130. The first-order valence-corrected chi connectivity index (χ1v) is 8.47. The summed E-state index contributed by atoms with van der Waals surface area (Å²) in [4.78, 5) is 18.9. The van der Waals surface area contributed by atoms with Crippen LogP contribution in [0.3, 0.4) is 0 Å². The van der Waals surface area contributed by atoms with Crippen molar-refractivity contribution in [3.63, 3.8) is 0 Å². The molecule has 0 unspecified atom stereocenters. The molecular weight excluding hydrogens is 296 g/mol. The van der Waals surface area contributed by atoms with Crippen molar-refractivity contribution in [3.8, 4) is 0 Å². The summed E-state index contributed by atoms with van der Waals surface area (Å²) in [6, 6.07) is 5.81. The molecule has 1 amide bonds. The van der Waals surface area contributed by atoms with E-state index < -0.39 is 0 Å². The summed E-state index contributed by atoms with van der Waals surface area (Å²) >= 11 is 1.64. The molecule has 2 aromatic heterocycles. The van der Waals surface area contributed by atoms with Crippen LogP contribution in [-0.2, 0) is 16.1 Å². The highest BCUT2D eigenvalue weighted by Gasteiger charge is 2.38. The number of anilines is 1. The van der Waals surface area contributed by atoms with Crippen molar-refractivity contribution in [2.24, 2.45) is 5.92 Å². The Hall–Kier alpha value is -1.72. The van der Waals surface area contributed by atoms with Gasteiger partial charge in [0.2, 0.25) is 0 Å². The number of thiophene rings is 1. The summed E-state index contributed by atoms with van der Waals surface area (Å²) in [6.07, 6.45) is 4.14. The van der Waals surface area contributed by atoms with Crippen LogP contribution in [0.1, 0.15) is 25.8 Å². The zero-order valence-corrected chi connectivity index (χ0v) is 13.6. The molecule has 1 aliphatic rings. The van der Waals surface area contributed by atoms with Gasteiger partial charge in [0.15, 0.2) is 0 Å². The molecule has 3 atom stereocenters. The number of amides is 1. The summed E-state index contributed by atoms with van der Waals surface area (Å²) < 4.78 is 5.85. The average Bonchev–Trinajstić information content (AvgIpc) is 3.14. The highest BCUT2D eigenvalue weighted by molar-refractivity contribution is 7.07. The zero-order valence-electron chi connectivity index (χ0n) is 12.8. The second kappa shape index (κ2) is 6.58. The van der Waals surface area contributed by atoms with Crippen LogP contribution in [-0.4, -0.2) is 23.1 Å². The van der Waals surface area contributed by atoms with Gasteiger partial charge in [0.1, 0.15) is 6.10 Å². The fourth-order valence-electron chi connectivity index (χ4n) is 2.92. The van der Waals surface area contributed by atoms with Crippen molar-refractivity contribution in [1.29, 1.82) is 0 Å². The van der Waals surface area contributed by atoms with Crippen LogP contribution in [0.4, 0.5) is 5.69 Å². The molecule has 3 rings (SSSR count). The van der Waals surface area contributed by atoms with Gasteiger partial charge >= 0.3 is 0 Å². The number of carbonyl (C=O) groups is 1. The first kappa shape index (κ1) is 15.2. The predicted molar refractivity (Wildman–Crippen MR) is 87.9 cm³/mol. The number of rotatable bonds is 4. The maximum absolute atomic E-state index is 13.0. The molecule has 1 fully saturated rings. The lowest BCUT2D eigenvalue weighted by Gasteiger charge is -2.26. The fraction of sp³-hybridized carbons (Fsp3) is 0.412. The van der Waals surface area contributed by atoms with Crippen LogP contribution in [0, 0.1) is 5.92 Å². The Kier molecular flexibility index (Phi) is 4.55. The summed E-state index contributed by atoms with van der Waals surface area (Å²) in [5, 5.41) is 4.09. The van der Waals surface area contributed by atoms with E-state index in [0.29, 0.717) is 6.54 Å². The second-order valence-corrected chi connectivity index (χ2v) is 6.63. The zero-order chi connectivity index (χ0) is 15.5. The van der Waals surface area contributed by atoms with Gasteiger partial charge in [0, 0.05) is 6.20 Å². The maximum atomic E-state index is 13.0. The number of hydrogen-bond acceptors (Lipinski definition) is 4. The van der Waals surface area contributed by atoms with E-state index in [4.69, 9.17) is 4.74 Å². The van der Waals surface area contributed by atoms with Gasteiger partial charge in [-0.2, -0.15) is 11.3 Å². The molecule has 0 N–H and O–H groups in total. The standard InChI is InChI=1S/C17H20N2O2S/c1-12-8-13(2)21-16(12)17(20)19(10-14-5-7-22-11-14)15-4-3-6-18-9-15/h3-7,9,11-13,16H,8,10H2,1-2H3/t12-,13+,16-/m0/s1. The molecule has 4 nitrogen and oxygen atoms in total. The molecule has 0 spiro atoms. The Morgan fingerprint density at radius 1 is 1.45 bits per heavy atom. The maximum Gasteiger partial charge on any atom is 0.256 e. The largest absolute Gasteiger partial charge is 0.365 e. The van der Waals surface area contributed by atoms with E-state index in [2.05, 4.69) is 17.3 Å². The lowest BCUT2D eigenvalue weighted by atomic mass is 10.0. The van der Waals surface area contributed by atoms with Crippen molar-refractivity contribution < 1.29 is 9.53 Å². The SMILES string of the molecule is C[C@@H]1C[C@H](C)[C@@H](C(=O)N(Cc2ccsc2)c2cccnc2)O1. The van der Waals surface area contributed by atoms with Crippen molar-refractivity contribution in [3.05, 3.63) is 46.9 Å². The quantitative estimate of drug-likeness (QED) is 0.867.